The van der Waals surface area contributed by atoms with E-state index in [4.69, 9.17) is 15.3 Å². The summed E-state index contributed by atoms with van der Waals surface area (Å²) in [6, 6.07) is 0. The van der Waals surface area contributed by atoms with Crippen LogP contribution >= 0.6 is 0 Å². The fourth-order valence-corrected chi connectivity index (χ4v) is 0.677. The average Bonchev–Trinajstić information content (AvgIpc) is 2.39. The number of aliphatic hydroxyl groups excluding tert-OH is 3. The summed E-state index contributed by atoms with van der Waals surface area (Å²) >= 11 is 0. The highest BCUT2D eigenvalue weighted by molar-refractivity contribution is 5.34. The first kappa shape index (κ1) is 18.0. The van der Waals surface area contributed by atoms with Gasteiger partial charge in [-0.3, -0.25) is 0 Å². The third-order valence-corrected chi connectivity index (χ3v) is 2.21. The van der Waals surface area contributed by atoms with Crippen LogP contribution in [-0.4, -0.2) is 60.4 Å². The largest absolute Gasteiger partial charge is 0.396 e. The molecule has 0 radical (unpaired) electrons. The van der Waals surface area contributed by atoms with Crippen LogP contribution in [0.2, 0.25) is 0 Å². The Bertz CT molecular complexity index is 230. The van der Waals surface area contributed by atoms with Crippen molar-refractivity contribution in [3.63, 3.8) is 0 Å². The van der Waals surface area contributed by atoms with Crippen molar-refractivity contribution in [1.82, 2.24) is 0 Å². The van der Waals surface area contributed by atoms with Gasteiger partial charge in [0.05, 0.1) is 32.9 Å². The number of nitrogens with zero attached hydrogens (tertiary/aromatic N) is 2. The maximum absolute atomic E-state index is 9.34. The molecule has 0 aromatic rings. The number of hydrogen-bond donors (Lipinski definition) is 3. The summed E-state index contributed by atoms with van der Waals surface area (Å²) in [7, 11) is 0. The molecule has 0 aliphatic carbocycles. The van der Waals surface area contributed by atoms with Gasteiger partial charge in [-0.2, -0.15) is 0 Å². The molecule has 0 spiro atoms. The second-order valence-electron chi connectivity index (χ2n) is 3.27. The van der Waals surface area contributed by atoms with Crippen molar-refractivity contribution in [3.8, 4) is 0 Å². The van der Waals surface area contributed by atoms with Gasteiger partial charge in [0, 0.05) is 5.41 Å². The van der Waals surface area contributed by atoms with Gasteiger partial charge in [-0.1, -0.05) is 6.92 Å². The molecule has 7 nitrogen and oxygen atoms in total. The van der Waals surface area contributed by atoms with Crippen LogP contribution in [0.1, 0.15) is 13.3 Å². The smallest absolute Gasteiger partial charge is 0.235 e. The molecule has 98 valence electrons. The van der Waals surface area contributed by atoms with Gasteiger partial charge in [-0.15, -0.1) is 0 Å². The van der Waals surface area contributed by atoms with E-state index >= 15 is 0 Å². The maximum atomic E-state index is 9.34. The number of aliphatic imine (C=N–C) groups is 2. The van der Waals surface area contributed by atoms with Crippen LogP contribution in [0, 0.1) is 5.41 Å². The Morgan fingerprint density at radius 2 is 1.29 bits per heavy atom. The molecule has 0 fully saturated rings. The topological polar surface area (TPSA) is 120 Å². The van der Waals surface area contributed by atoms with E-state index in [-0.39, 0.29) is 32.9 Å². The molecule has 0 heterocycles. The molecule has 0 aromatic carbocycles. The highest BCUT2D eigenvalue weighted by Gasteiger charge is 2.24. The molecule has 0 unspecified atom stereocenters. The van der Waals surface area contributed by atoms with Gasteiger partial charge in [0.25, 0.3) is 0 Å². The molecule has 3 N–H and O–H groups in total. The molecule has 0 atom stereocenters. The third kappa shape index (κ3) is 9.56. The second-order valence-corrected chi connectivity index (χ2v) is 3.27. The Kier molecular flexibility index (Phi) is 13.5. The molecule has 0 bridgehead atoms. The van der Waals surface area contributed by atoms with Gasteiger partial charge in [0.15, 0.2) is 0 Å². The fraction of sp³-hybridized carbons (Fsp3) is 0.800. The summed E-state index contributed by atoms with van der Waals surface area (Å²) in [5, 5.41) is 26.0. The van der Waals surface area contributed by atoms with Crippen molar-refractivity contribution in [2.24, 2.45) is 15.4 Å². The fourth-order valence-electron chi connectivity index (χ4n) is 0.677. The van der Waals surface area contributed by atoms with E-state index in [1.165, 1.54) is 12.2 Å². The van der Waals surface area contributed by atoms with Crippen molar-refractivity contribution >= 4 is 12.2 Å². The molecular formula is C10H18N2O5. The maximum Gasteiger partial charge on any atom is 0.235 e. The highest BCUT2D eigenvalue weighted by Crippen LogP contribution is 2.18. The number of hydrogen-bond acceptors (Lipinski definition) is 7. The van der Waals surface area contributed by atoms with Crippen LogP contribution in [0.25, 0.3) is 0 Å². The van der Waals surface area contributed by atoms with Crippen LogP contribution in [0.3, 0.4) is 0 Å². The molecule has 0 amide bonds. The van der Waals surface area contributed by atoms with Gasteiger partial charge in [0.1, 0.15) is 0 Å². The minimum Gasteiger partial charge on any atom is -0.396 e. The normalized spacial score (nSPS) is 9.41. The number of rotatable bonds is 7. The zero-order valence-corrected chi connectivity index (χ0v) is 9.80. The van der Waals surface area contributed by atoms with Crippen LogP contribution in [0.5, 0.6) is 0 Å². The number of aliphatic hydroxyl groups is 3. The Hall–Kier alpha value is -1.36. The first-order valence-corrected chi connectivity index (χ1v) is 5.06. The van der Waals surface area contributed by atoms with Crippen molar-refractivity contribution in [2.75, 3.05) is 32.9 Å². The summed E-state index contributed by atoms with van der Waals surface area (Å²) in [6.45, 7) is 1.80. The summed E-state index contributed by atoms with van der Waals surface area (Å²) in [5.74, 6) is 0. The Balaban J connectivity index is 0. The SMILES string of the molecule is CCC(CO)(CO)CO.O=C=NCCN=C=O. The Morgan fingerprint density at radius 3 is 1.41 bits per heavy atom. The van der Waals surface area contributed by atoms with Gasteiger partial charge in [-0.25, -0.2) is 19.6 Å². The summed E-state index contributed by atoms with van der Waals surface area (Å²) < 4.78 is 0. The molecule has 0 aromatic heterocycles. The van der Waals surface area contributed by atoms with Gasteiger partial charge < -0.3 is 15.3 Å². The summed E-state index contributed by atoms with van der Waals surface area (Å²) in [5.41, 5.74) is -0.667. The highest BCUT2D eigenvalue weighted by atomic mass is 16.3. The van der Waals surface area contributed by atoms with Gasteiger partial charge in [0.2, 0.25) is 12.2 Å². The lowest BCUT2D eigenvalue weighted by atomic mass is 9.88. The van der Waals surface area contributed by atoms with E-state index in [0.29, 0.717) is 6.42 Å². The van der Waals surface area contributed by atoms with Crippen LogP contribution in [0.15, 0.2) is 9.98 Å². The monoisotopic (exact) mass is 246 g/mol. The summed E-state index contributed by atoms with van der Waals surface area (Å²) in [6.07, 6.45) is 3.22. The second kappa shape index (κ2) is 12.7. The van der Waals surface area contributed by atoms with E-state index < -0.39 is 5.41 Å². The van der Waals surface area contributed by atoms with Crippen LogP contribution < -0.4 is 0 Å². The lowest BCUT2D eigenvalue weighted by Gasteiger charge is -2.24. The van der Waals surface area contributed by atoms with Gasteiger partial charge >= 0.3 is 0 Å². The van der Waals surface area contributed by atoms with Crippen molar-refractivity contribution in [2.45, 2.75) is 13.3 Å². The third-order valence-electron chi connectivity index (χ3n) is 2.21. The molecular weight excluding hydrogens is 228 g/mol. The summed E-state index contributed by atoms with van der Waals surface area (Å²) in [4.78, 5) is 24.9. The van der Waals surface area contributed by atoms with E-state index in [1.807, 2.05) is 6.92 Å². The van der Waals surface area contributed by atoms with Crippen molar-refractivity contribution < 1.29 is 24.9 Å². The van der Waals surface area contributed by atoms with E-state index in [9.17, 15) is 9.59 Å². The molecule has 0 saturated heterocycles. The minimum absolute atomic E-state index is 0.156. The van der Waals surface area contributed by atoms with Crippen molar-refractivity contribution in [1.29, 1.82) is 0 Å². The number of isocyanates is 2. The molecule has 17 heavy (non-hydrogen) atoms. The molecule has 0 rings (SSSR count). The molecule has 7 heteroatoms. The van der Waals surface area contributed by atoms with E-state index in [0.717, 1.165) is 0 Å². The molecule has 0 saturated carbocycles. The average molecular weight is 246 g/mol. The van der Waals surface area contributed by atoms with Crippen LogP contribution in [0.4, 0.5) is 0 Å². The predicted octanol–water partition coefficient (Wildman–Crippen LogP) is -0.982. The molecule has 0 aliphatic rings. The quantitative estimate of drug-likeness (QED) is 0.303. The van der Waals surface area contributed by atoms with E-state index in [1.54, 1.807) is 0 Å². The zero-order valence-electron chi connectivity index (χ0n) is 9.80. The van der Waals surface area contributed by atoms with E-state index in [2.05, 4.69) is 9.98 Å². The Labute approximate surface area is 99.5 Å². The minimum atomic E-state index is -0.667. The first-order valence-electron chi connectivity index (χ1n) is 5.06. The predicted molar refractivity (Wildman–Crippen MR) is 60.0 cm³/mol. The zero-order chi connectivity index (χ0) is 13.6. The van der Waals surface area contributed by atoms with Crippen molar-refractivity contribution in [3.05, 3.63) is 0 Å². The lowest BCUT2D eigenvalue weighted by molar-refractivity contribution is 0.00304. The Morgan fingerprint density at radius 1 is 0.941 bits per heavy atom. The molecule has 0 aliphatic heterocycles. The number of carbonyl (C=O) groups excluding carboxylic acids is 2. The lowest BCUT2D eigenvalue weighted by Crippen LogP contribution is -2.32. The van der Waals surface area contributed by atoms with Gasteiger partial charge in [-0.05, 0) is 6.42 Å². The first-order chi connectivity index (χ1) is 8.16. The van der Waals surface area contributed by atoms with Crippen LogP contribution in [-0.2, 0) is 9.59 Å². The standard InChI is InChI=1S/C6H14O3.C4H4N2O2/c1-2-6(3-7,4-8)5-9;7-3-5-1-2-6-4-8/h7-9H,2-5H2,1H3;1-2H2.